The lowest BCUT2D eigenvalue weighted by atomic mass is 9.93. The zero-order valence-corrected chi connectivity index (χ0v) is 13.1. The maximum atomic E-state index is 12.7. The van der Waals surface area contributed by atoms with Crippen molar-refractivity contribution in [2.24, 2.45) is 0 Å². The number of carbonyl (C=O) groups excluding carboxylic acids is 2. The number of piperidine rings is 1. The van der Waals surface area contributed by atoms with Crippen LogP contribution in [0.15, 0.2) is 0 Å². The van der Waals surface area contributed by atoms with Crippen LogP contribution in [0.25, 0.3) is 0 Å². The molecule has 21 heavy (non-hydrogen) atoms. The summed E-state index contributed by atoms with van der Waals surface area (Å²) in [7, 11) is 0. The van der Waals surface area contributed by atoms with E-state index in [1.165, 1.54) is 0 Å². The van der Waals surface area contributed by atoms with Crippen LogP contribution in [0.5, 0.6) is 0 Å². The van der Waals surface area contributed by atoms with E-state index in [1.54, 1.807) is 0 Å². The molecule has 1 saturated heterocycles. The predicted octanol–water partition coefficient (Wildman–Crippen LogP) is 0.875. The van der Waals surface area contributed by atoms with Crippen molar-refractivity contribution >= 4 is 11.9 Å². The van der Waals surface area contributed by atoms with Crippen LogP contribution >= 0.6 is 0 Å². The van der Waals surface area contributed by atoms with Crippen LogP contribution in [0.2, 0.25) is 0 Å². The van der Waals surface area contributed by atoms with Gasteiger partial charge in [-0.25, -0.2) is 4.79 Å². The van der Waals surface area contributed by atoms with Crippen molar-refractivity contribution in [3.63, 3.8) is 0 Å². The second-order valence-corrected chi connectivity index (χ2v) is 6.24. The summed E-state index contributed by atoms with van der Waals surface area (Å²) in [5.41, 5.74) is -0.726. The Hall–Kier alpha value is -1.30. The van der Waals surface area contributed by atoms with Crippen LogP contribution in [0, 0.1) is 0 Å². The number of hydrogen-bond donors (Lipinski definition) is 4. The van der Waals surface area contributed by atoms with Gasteiger partial charge in [0.05, 0.1) is 0 Å². The summed E-state index contributed by atoms with van der Waals surface area (Å²) in [6, 6.07) is 0.190. The summed E-state index contributed by atoms with van der Waals surface area (Å²) in [5.74, 6) is -0.0215. The highest BCUT2D eigenvalue weighted by molar-refractivity contribution is 5.91. The fraction of sp³-hybridized carbons (Fsp3) is 0.867. The molecule has 0 radical (unpaired) electrons. The molecule has 1 heterocycles. The molecular weight excluding hydrogens is 268 g/mol. The highest BCUT2D eigenvalue weighted by Crippen LogP contribution is 2.30. The zero-order chi connectivity index (χ0) is 15.3. The Kier molecular flexibility index (Phi) is 5.45. The molecule has 120 valence electrons. The molecular formula is C15H28N4O2. The van der Waals surface area contributed by atoms with E-state index in [0.717, 1.165) is 45.1 Å². The molecule has 2 unspecified atom stereocenters. The van der Waals surface area contributed by atoms with Crippen LogP contribution in [0.4, 0.5) is 4.79 Å². The molecule has 0 aromatic rings. The van der Waals surface area contributed by atoms with Crippen molar-refractivity contribution in [1.82, 2.24) is 21.3 Å². The van der Waals surface area contributed by atoms with E-state index < -0.39 is 5.54 Å². The van der Waals surface area contributed by atoms with E-state index in [1.807, 2.05) is 6.92 Å². The maximum Gasteiger partial charge on any atom is 0.315 e. The summed E-state index contributed by atoms with van der Waals surface area (Å²) in [6.45, 7) is 5.54. The predicted molar refractivity (Wildman–Crippen MR) is 82.0 cm³/mol. The SMILES string of the molecule is CCNC(=O)NC1(C(=O)NC2CCCNC2C)CCCC1. The third kappa shape index (κ3) is 3.87. The fourth-order valence-corrected chi connectivity index (χ4v) is 3.36. The lowest BCUT2D eigenvalue weighted by Gasteiger charge is -2.35. The van der Waals surface area contributed by atoms with Gasteiger partial charge in [0.1, 0.15) is 5.54 Å². The standard InChI is InChI=1S/C15H28N4O2/c1-3-16-14(21)19-15(8-4-5-9-15)13(20)18-12-7-6-10-17-11(12)2/h11-12,17H,3-10H2,1-2H3,(H,18,20)(H2,16,19,21). The second-order valence-electron chi connectivity index (χ2n) is 6.24. The maximum absolute atomic E-state index is 12.7. The first-order valence-corrected chi connectivity index (χ1v) is 8.18. The van der Waals surface area contributed by atoms with Gasteiger partial charge in [-0.1, -0.05) is 12.8 Å². The summed E-state index contributed by atoms with van der Waals surface area (Å²) in [5, 5.41) is 12.2. The van der Waals surface area contributed by atoms with E-state index in [4.69, 9.17) is 0 Å². The Balaban J connectivity index is 1.99. The van der Waals surface area contributed by atoms with E-state index in [-0.39, 0.29) is 24.0 Å². The Labute approximate surface area is 126 Å². The van der Waals surface area contributed by atoms with E-state index in [0.29, 0.717) is 6.54 Å². The van der Waals surface area contributed by atoms with Crippen molar-refractivity contribution in [2.45, 2.75) is 70.0 Å². The number of urea groups is 1. The van der Waals surface area contributed by atoms with Gasteiger partial charge in [0, 0.05) is 18.6 Å². The van der Waals surface area contributed by atoms with Crippen molar-refractivity contribution in [1.29, 1.82) is 0 Å². The first-order chi connectivity index (χ1) is 10.1. The summed E-state index contributed by atoms with van der Waals surface area (Å²) in [4.78, 5) is 24.6. The molecule has 2 rings (SSSR count). The van der Waals surface area contributed by atoms with Crippen LogP contribution in [-0.4, -0.2) is 42.7 Å². The Bertz CT molecular complexity index is 380. The van der Waals surface area contributed by atoms with Crippen molar-refractivity contribution in [3.05, 3.63) is 0 Å². The van der Waals surface area contributed by atoms with E-state index in [2.05, 4.69) is 28.2 Å². The highest BCUT2D eigenvalue weighted by Gasteiger charge is 2.43. The normalized spacial score (nSPS) is 27.9. The number of carbonyl (C=O) groups is 2. The summed E-state index contributed by atoms with van der Waals surface area (Å²) in [6.07, 6.45) is 5.49. The molecule has 1 saturated carbocycles. The molecule has 4 N–H and O–H groups in total. The fourth-order valence-electron chi connectivity index (χ4n) is 3.36. The Morgan fingerprint density at radius 1 is 1.24 bits per heavy atom. The molecule has 6 nitrogen and oxygen atoms in total. The Morgan fingerprint density at radius 2 is 1.95 bits per heavy atom. The molecule has 0 bridgehead atoms. The van der Waals surface area contributed by atoms with Crippen LogP contribution in [-0.2, 0) is 4.79 Å². The lowest BCUT2D eigenvalue weighted by Crippen LogP contribution is -2.63. The number of hydrogen-bond acceptors (Lipinski definition) is 3. The number of nitrogens with one attached hydrogen (secondary N) is 4. The van der Waals surface area contributed by atoms with Gasteiger partial charge in [-0.15, -0.1) is 0 Å². The number of amides is 3. The average molecular weight is 296 g/mol. The van der Waals surface area contributed by atoms with Crippen molar-refractivity contribution in [3.8, 4) is 0 Å². The molecule has 0 aromatic heterocycles. The molecule has 0 spiro atoms. The zero-order valence-electron chi connectivity index (χ0n) is 13.1. The van der Waals surface area contributed by atoms with E-state index in [9.17, 15) is 9.59 Å². The molecule has 6 heteroatoms. The van der Waals surface area contributed by atoms with Crippen LogP contribution in [0.1, 0.15) is 52.4 Å². The summed E-state index contributed by atoms with van der Waals surface area (Å²) >= 11 is 0. The first kappa shape index (κ1) is 16.1. The molecule has 2 atom stereocenters. The molecule has 3 amide bonds. The van der Waals surface area contributed by atoms with Gasteiger partial charge in [-0.05, 0) is 46.1 Å². The van der Waals surface area contributed by atoms with Gasteiger partial charge in [0.2, 0.25) is 5.91 Å². The van der Waals surface area contributed by atoms with Gasteiger partial charge < -0.3 is 21.3 Å². The van der Waals surface area contributed by atoms with Gasteiger partial charge in [0.25, 0.3) is 0 Å². The third-order valence-corrected chi connectivity index (χ3v) is 4.66. The average Bonchev–Trinajstić information content (AvgIpc) is 2.91. The minimum Gasteiger partial charge on any atom is -0.350 e. The molecule has 0 aromatic carbocycles. The number of rotatable bonds is 4. The quantitative estimate of drug-likeness (QED) is 0.621. The Morgan fingerprint density at radius 3 is 2.57 bits per heavy atom. The lowest BCUT2D eigenvalue weighted by molar-refractivity contribution is -0.128. The van der Waals surface area contributed by atoms with Crippen molar-refractivity contribution < 1.29 is 9.59 Å². The van der Waals surface area contributed by atoms with Crippen molar-refractivity contribution in [2.75, 3.05) is 13.1 Å². The second kappa shape index (κ2) is 7.11. The molecule has 1 aliphatic carbocycles. The minimum absolute atomic E-state index is 0.0215. The van der Waals surface area contributed by atoms with Crippen LogP contribution < -0.4 is 21.3 Å². The first-order valence-electron chi connectivity index (χ1n) is 8.18. The molecule has 2 aliphatic rings. The highest BCUT2D eigenvalue weighted by atomic mass is 16.2. The van der Waals surface area contributed by atoms with Gasteiger partial charge >= 0.3 is 6.03 Å². The molecule has 2 fully saturated rings. The van der Waals surface area contributed by atoms with Crippen LogP contribution in [0.3, 0.4) is 0 Å². The summed E-state index contributed by atoms with van der Waals surface area (Å²) < 4.78 is 0. The minimum atomic E-state index is -0.726. The topological polar surface area (TPSA) is 82.3 Å². The van der Waals surface area contributed by atoms with Gasteiger partial charge in [0.15, 0.2) is 0 Å². The molecule has 1 aliphatic heterocycles. The monoisotopic (exact) mass is 296 g/mol. The third-order valence-electron chi connectivity index (χ3n) is 4.66. The largest absolute Gasteiger partial charge is 0.350 e. The van der Waals surface area contributed by atoms with E-state index >= 15 is 0 Å². The van der Waals surface area contributed by atoms with Gasteiger partial charge in [-0.3, -0.25) is 4.79 Å². The van der Waals surface area contributed by atoms with Gasteiger partial charge in [-0.2, -0.15) is 0 Å². The smallest absolute Gasteiger partial charge is 0.315 e.